The number of thiophene rings is 1. The minimum atomic E-state index is -0.781. The summed E-state index contributed by atoms with van der Waals surface area (Å²) in [6.45, 7) is 3.37. The molecule has 0 saturated heterocycles. The van der Waals surface area contributed by atoms with Crippen LogP contribution in [-0.2, 0) is 0 Å². The monoisotopic (exact) mass is 313 g/mol. The number of aliphatic hydroxyl groups excluding tert-OH is 1. The zero-order valence-corrected chi connectivity index (χ0v) is 12.4. The maximum Gasteiger partial charge on any atom is 0.323 e. The zero-order chi connectivity index (χ0) is 14.9. The number of hydrogen-bond acceptors (Lipinski definition) is 5. The van der Waals surface area contributed by atoms with Crippen molar-refractivity contribution >= 4 is 28.6 Å². The third-order valence-electron chi connectivity index (χ3n) is 2.66. The van der Waals surface area contributed by atoms with E-state index < -0.39 is 11.0 Å². The molecular formula is C13H12ClNO4S. The van der Waals surface area contributed by atoms with Crippen molar-refractivity contribution in [2.24, 2.45) is 0 Å². The number of hydrogen-bond donors (Lipinski definition) is 1. The summed E-state index contributed by atoms with van der Waals surface area (Å²) in [5, 5.41) is 21.2. The van der Waals surface area contributed by atoms with Crippen molar-refractivity contribution in [1.82, 2.24) is 0 Å². The summed E-state index contributed by atoms with van der Waals surface area (Å²) in [6.07, 6.45) is -0.781. The SMILES string of the molecule is Cc1ccc(Cl)cc1Oc1sc([C@H](C)O)cc1[N+](=O)[O-]. The standard InChI is InChI=1S/C13H12ClNO4S/c1-7-3-4-9(14)5-11(7)19-13-10(15(17)18)6-12(20-13)8(2)16/h3-6,8,16H,1-2H3/t8-/m0/s1. The molecule has 0 aliphatic heterocycles. The zero-order valence-electron chi connectivity index (χ0n) is 10.8. The molecule has 0 saturated carbocycles. The van der Waals surface area contributed by atoms with E-state index in [1.807, 2.05) is 6.92 Å². The summed E-state index contributed by atoms with van der Waals surface area (Å²) in [5.41, 5.74) is 0.654. The van der Waals surface area contributed by atoms with E-state index in [1.54, 1.807) is 25.1 Å². The summed E-state index contributed by atoms with van der Waals surface area (Å²) >= 11 is 6.94. The van der Waals surface area contributed by atoms with Crippen molar-refractivity contribution in [2.75, 3.05) is 0 Å². The molecule has 1 N–H and O–H groups in total. The first-order valence-corrected chi connectivity index (χ1v) is 6.98. The van der Waals surface area contributed by atoms with Crippen LogP contribution >= 0.6 is 22.9 Å². The summed E-state index contributed by atoms with van der Waals surface area (Å²) < 4.78 is 5.59. The van der Waals surface area contributed by atoms with Gasteiger partial charge in [-0.05, 0) is 31.5 Å². The highest BCUT2D eigenvalue weighted by molar-refractivity contribution is 7.14. The molecule has 1 aromatic carbocycles. The van der Waals surface area contributed by atoms with E-state index in [4.69, 9.17) is 16.3 Å². The fraction of sp³-hybridized carbons (Fsp3) is 0.231. The van der Waals surface area contributed by atoms with Gasteiger partial charge in [0, 0.05) is 16.0 Å². The summed E-state index contributed by atoms with van der Waals surface area (Å²) in [7, 11) is 0. The van der Waals surface area contributed by atoms with Gasteiger partial charge in [-0.1, -0.05) is 29.0 Å². The number of rotatable bonds is 4. The van der Waals surface area contributed by atoms with Crippen LogP contribution in [0.1, 0.15) is 23.5 Å². The summed E-state index contributed by atoms with van der Waals surface area (Å²) in [4.78, 5) is 11.0. The Morgan fingerprint density at radius 1 is 1.45 bits per heavy atom. The Morgan fingerprint density at radius 3 is 2.75 bits per heavy atom. The van der Waals surface area contributed by atoms with Crippen molar-refractivity contribution in [2.45, 2.75) is 20.0 Å². The van der Waals surface area contributed by atoms with E-state index in [-0.39, 0.29) is 10.8 Å². The van der Waals surface area contributed by atoms with Crippen molar-refractivity contribution in [1.29, 1.82) is 0 Å². The lowest BCUT2D eigenvalue weighted by Gasteiger charge is -2.06. The second-order valence-corrected chi connectivity index (χ2v) is 5.75. The van der Waals surface area contributed by atoms with Crippen LogP contribution in [0.3, 0.4) is 0 Å². The molecule has 2 rings (SSSR count). The molecule has 0 unspecified atom stereocenters. The van der Waals surface area contributed by atoms with Gasteiger partial charge in [0.25, 0.3) is 5.06 Å². The molecule has 5 nitrogen and oxygen atoms in total. The van der Waals surface area contributed by atoms with Crippen molar-refractivity contribution in [3.05, 3.63) is 49.8 Å². The Bertz CT molecular complexity index is 654. The number of benzene rings is 1. The minimum Gasteiger partial charge on any atom is -0.440 e. The molecule has 20 heavy (non-hydrogen) atoms. The lowest BCUT2D eigenvalue weighted by molar-refractivity contribution is -0.385. The van der Waals surface area contributed by atoms with Gasteiger partial charge >= 0.3 is 5.69 Å². The van der Waals surface area contributed by atoms with E-state index in [9.17, 15) is 15.2 Å². The van der Waals surface area contributed by atoms with Gasteiger partial charge in [-0.3, -0.25) is 10.1 Å². The Kier molecular flexibility index (Phi) is 4.27. The van der Waals surface area contributed by atoms with E-state index in [0.717, 1.165) is 16.9 Å². The van der Waals surface area contributed by atoms with Crippen molar-refractivity contribution in [3.63, 3.8) is 0 Å². The number of aryl methyl sites for hydroxylation is 1. The first-order chi connectivity index (χ1) is 9.38. The molecule has 1 aromatic heterocycles. The highest BCUT2D eigenvalue weighted by Crippen LogP contribution is 2.42. The molecule has 1 atom stereocenters. The van der Waals surface area contributed by atoms with Crippen LogP contribution in [0.25, 0.3) is 0 Å². The first-order valence-electron chi connectivity index (χ1n) is 5.78. The van der Waals surface area contributed by atoms with Crippen LogP contribution in [0.2, 0.25) is 5.02 Å². The van der Waals surface area contributed by atoms with Gasteiger partial charge in [-0.2, -0.15) is 0 Å². The topological polar surface area (TPSA) is 72.6 Å². The largest absolute Gasteiger partial charge is 0.440 e. The summed E-state index contributed by atoms with van der Waals surface area (Å²) in [6, 6.07) is 6.41. The van der Waals surface area contributed by atoms with Crippen LogP contribution in [0.15, 0.2) is 24.3 Å². The number of ether oxygens (including phenoxy) is 1. The van der Waals surface area contributed by atoms with Crippen LogP contribution < -0.4 is 4.74 Å². The Labute approximate surface area is 124 Å². The molecule has 0 bridgehead atoms. The molecule has 2 aromatic rings. The number of halogens is 1. The van der Waals surface area contributed by atoms with Crippen LogP contribution in [0.4, 0.5) is 5.69 Å². The minimum absolute atomic E-state index is 0.135. The quantitative estimate of drug-likeness (QED) is 0.668. The Balaban J connectivity index is 2.42. The van der Waals surface area contributed by atoms with Gasteiger partial charge in [0.2, 0.25) is 0 Å². The van der Waals surface area contributed by atoms with Crippen LogP contribution in [-0.4, -0.2) is 10.0 Å². The maximum atomic E-state index is 11.0. The number of aliphatic hydroxyl groups is 1. The van der Waals surface area contributed by atoms with Gasteiger partial charge in [0.05, 0.1) is 11.0 Å². The second-order valence-electron chi connectivity index (χ2n) is 4.27. The molecule has 106 valence electrons. The van der Waals surface area contributed by atoms with Gasteiger partial charge in [-0.15, -0.1) is 0 Å². The third-order valence-corrected chi connectivity index (χ3v) is 4.07. The summed E-state index contributed by atoms with van der Waals surface area (Å²) in [5.74, 6) is 0.458. The van der Waals surface area contributed by atoms with Crippen molar-refractivity contribution in [3.8, 4) is 10.8 Å². The average molecular weight is 314 g/mol. The number of nitrogens with zero attached hydrogens (tertiary/aromatic N) is 1. The second kappa shape index (κ2) is 5.78. The predicted octanol–water partition coefficient (Wildman–Crippen LogP) is 4.46. The first kappa shape index (κ1) is 14.8. The van der Waals surface area contributed by atoms with Crippen LogP contribution in [0, 0.1) is 17.0 Å². The molecule has 0 amide bonds. The lowest BCUT2D eigenvalue weighted by Crippen LogP contribution is -1.91. The molecule has 1 heterocycles. The smallest absolute Gasteiger partial charge is 0.323 e. The molecular weight excluding hydrogens is 302 g/mol. The fourth-order valence-corrected chi connectivity index (χ4v) is 2.66. The van der Waals surface area contributed by atoms with Gasteiger partial charge in [-0.25, -0.2) is 0 Å². The Morgan fingerprint density at radius 2 is 2.15 bits per heavy atom. The van der Waals surface area contributed by atoms with E-state index in [0.29, 0.717) is 15.6 Å². The van der Waals surface area contributed by atoms with Crippen LogP contribution in [0.5, 0.6) is 10.8 Å². The van der Waals surface area contributed by atoms with E-state index in [2.05, 4.69) is 0 Å². The van der Waals surface area contributed by atoms with Gasteiger partial charge in [0.1, 0.15) is 5.75 Å². The maximum absolute atomic E-state index is 11.0. The predicted molar refractivity (Wildman–Crippen MR) is 77.9 cm³/mol. The Hall–Kier alpha value is -1.63. The van der Waals surface area contributed by atoms with Gasteiger partial charge in [0.15, 0.2) is 0 Å². The third kappa shape index (κ3) is 3.09. The van der Waals surface area contributed by atoms with E-state index >= 15 is 0 Å². The highest BCUT2D eigenvalue weighted by Gasteiger charge is 2.23. The molecule has 0 fully saturated rings. The molecule has 0 spiro atoms. The lowest BCUT2D eigenvalue weighted by atomic mass is 10.2. The van der Waals surface area contributed by atoms with Gasteiger partial charge < -0.3 is 9.84 Å². The molecule has 0 aliphatic carbocycles. The average Bonchev–Trinajstić information content (AvgIpc) is 2.78. The number of nitro groups is 1. The molecule has 7 heteroatoms. The molecule has 0 aliphatic rings. The fourth-order valence-electron chi connectivity index (χ4n) is 1.57. The molecule has 0 radical (unpaired) electrons. The highest BCUT2D eigenvalue weighted by atomic mass is 35.5. The van der Waals surface area contributed by atoms with E-state index in [1.165, 1.54) is 6.07 Å². The van der Waals surface area contributed by atoms with Crippen molar-refractivity contribution < 1.29 is 14.8 Å². The normalized spacial score (nSPS) is 12.2.